The summed E-state index contributed by atoms with van der Waals surface area (Å²) in [6, 6.07) is 12.4. The molecule has 2 aromatic rings. The smallest absolute Gasteiger partial charge is 0.166 e. The van der Waals surface area contributed by atoms with Crippen molar-refractivity contribution < 1.29 is 4.79 Å². The van der Waals surface area contributed by atoms with Crippen LogP contribution in [0.4, 0.5) is 0 Å². The van der Waals surface area contributed by atoms with Crippen LogP contribution in [0.1, 0.15) is 35.7 Å². The van der Waals surface area contributed by atoms with E-state index in [0.29, 0.717) is 11.7 Å². The van der Waals surface area contributed by atoms with Gasteiger partial charge in [0, 0.05) is 11.5 Å². The van der Waals surface area contributed by atoms with E-state index in [1.54, 1.807) is 0 Å². The van der Waals surface area contributed by atoms with E-state index in [0.717, 1.165) is 5.56 Å². The van der Waals surface area contributed by atoms with Crippen LogP contribution < -0.4 is 0 Å². The summed E-state index contributed by atoms with van der Waals surface area (Å²) in [5, 5.41) is 2.47. The molecule has 3 rings (SSSR count). The minimum absolute atomic E-state index is 0.126. The van der Waals surface area contributed by atoms with E-state index in [-0.39, 0.29) is 5.92 Å². The molecule has 0 spiro atoms. The molecule has 2 unspecified atom stereocenters. The molecule has 1 aliphatic rings. The molecule has 1 nitrogen and oxygen atoms in total. The van der Waals surface area contributed by atoms with Crippen LogP contribution in [0, 0.1) is 5.92 Å². The maximum Gasteiger partial charge on any atom is 0.166 e. The Labute approximate surface area is 95.1 Å². The molecule has 0 saturated carbocycles. The molecule has 1 aliphatic carbocycles. The molecular weight excluding hydrogens is 196 g/mol. The van der Waals surface area contributed by atoms with Gasteiger partial charge in [-0.3, -0.25) is 4.79 Å². The van der Waals surface area contributed by atoms with Gasteiger partial charge >= 0.3 is 0 Å². The Hall–Kier alpha value is -1.63. The van der Waals surface area contributed by atoms with Gasteiger partial charge in [-0.05, 0) is 22.3 Å². The molecule has 1 heteroatoms. The van der Waals surface area contributed by atoms with E-state index in [2.05, 4.69) is 25.1 Å². The minimum Gasteiger partial charge on any atom is -0.294 e. The minimum atomic E-state index is 0.126. The van der Waals surface area contributed by atoms with Crippen LogP contribution >= 0.6 is 0 Å². The first-order valence-corrected chi connectivity index (χ1v) is 5.76. The van der Waals surface area contributed by atoms with Gasteiger partial charge in [-0.2, -0.15) is 0 Å². The summed E-state index contributed by atoms with van der Waals surface area (Å²) in [4.78, 5) is 12.1. The fraction of sp³-hybridized carbons (Fsp3) is 0.267. The molecule has 2 atom stereocenters. The summed E-state index contributed by atoms with van der Waals surface area (Å²) in [6.07, 6.45) is 0. The van der Waals surface area contributed by atoms with Crippen LogP contribution in [0.15, 0.2) is 36.4 Å². The van der Waals surface area contributed by atoms with Crippen LogP contribution in [-0.4, -0.2) is 5.78 Å². The van der Waals surface area contributed by atoms with Crippen molar-refractivity contribution in [1.82, 2.24) is 0 Å². The van der Waals surface area contributed by atoms with Gasteiger partial charge in [-0.25, -0.2) is 0 Å². The number of carbonyl (C=O) groups excluding carboxylic acids is 1. The van der Waals surface area contributed by atoms with E-state index in [4.69, 9.17) is 0 Å². The second kappa shape index (κ2) is 3.18. The summed E-state index contributed by atoms with van der Waals surface area (Å²) in [5.74, 6) is 0.766. The molecule has 0 heterocycles. The van der Waals surface area contributed by atoms with E-state index in [1.165, 1.54) is 16.3 Å². The van der Waals surface area contributed by atoms with Crippen LogP contribution in [0.2, 0.25) is 0 Å². The number of ketones is 1. The maximum absolute atomic E-state index is 12.1. The van der Waals surface area contributed by atoms with Crippen molar-refractivity contribution in [2.45, 2.75) is 19.8 Å². The second-order valence-electron chi connectivity index (χ2n) is 4.69. The highest BCUT2D eigenvalue weighted by atomic mass is 16.1. The number of fused-ring (bicyclic) bond motifs is 3. The average Bonchev–Trinajstić information content (AvgIpc) is 2.55. The molecule has 16 heavy (non-hydrogen) atoms. The lowest BCUT2D eigenvalue weighted by Crippen LogP contribution is -2.06. The first-order chi connectivity index (χ1) is 7.70. The summed E-state index contributed by atoms with van der Waals surface area (Å²) in [5.41, 5.74) is 2.18. The number of carbonyl (C=O) groups is 1. The Morgan fingerprint density at radius 1 is 0.938 bits per heavy atom. The summed E-state index contributed by atoms with van der Waals surface area (Å²) in [6.45, 7) is 4.18. The van der Waals surface area contributed by atoms with Crippen LogP contribution in [0.25, 0.3) is 10.8 Å². The Balaban J connectivity index is 2.41. The normalized spacial score (nSPS) is 23.8. The molecule has 80 valence electrons. The second-order valence-corrected chi connectivity index (χ2v) is 4.69. The van der Waals surface area contributed by atoms with Crippen molar-refractivity contribution in [3.05, 3.63) is 47.5 Å². The van der Waals surface area contributed by atoms with Gasteiger partial charge in [0.15, 0.2) is 5.78 Å². The molecule has 0 amide bonds. The highest BCUT2D eigenvalue weighted by molar-refractivity contribution is 6.07. The maximum atomic E-state index is 12.1. The summed E-state index contributed by atoms with van der Waals surface area (Å²) < 4.78 is 0. The highest BCUT2D eigenvalue weighted by Crippen LogP contribution is 2.41. The first-order valence-electron chi connectivity index (χ1n) is 5.76. The van der Waals surface area contributed by atoms with Crippen LogP contribution in [0.5, 0.6) is 0 Å². The Kier molecular flexibility index (Phi) is 1.90. The highest BCUT2D eigenvalue weighted by Gasteiger charge is 2.34. The topological polar surface area (TPSA) is 17.1 Å². The van der Waals surface area contributed by atoms with Crippen molar-refractivity contribution in [3.8, 4) is 0 Å². The largest absolute Gasteiger partial charge is 0.294 e. The van der Waals surface area contributed by atoms with Crippen molar-refractivity contribution >= 4 is 16.6 Å². The third-order valence-corrected chi connectivity index (χ3v) is 3.86. The zero-order valence-corrected chi connectivity index (χ0v) is 9.53. The van der Waals surface area contributed by atoms with E-state index in [1.807, 2.05) is 25.1 Å². The van der Waals surface area contributed by atoms with Crippen LogP contribution in [0.3, 0.4) is 0 Å². The molecule has 0 aliphatic heterocycles. The van der Waals surface area contributed by atoms with E-state index in [9.17, 15) is 4.79 Å². The number of Topliss-reactive ketones (excluding diaryl/α,β-unsaturated/α-hetero) is 1. The monoisotopic (exact) mass is 210 g/mol. The zero-order chi connectivity index (χ0) is 11.3. The average molecular weight is 210 g/mol. The number of rotatable bonds is 0. The van der Waals surface area contributed by atoms with Gasteiger partial charge < -0.3 is 0 Å². The van der Waals surface area contributed by atoms with Gasteiger partial charge in [0.25, 0.3) is 0 Å². The standard InChI is InChI=1S/C15H14O/c1-9-10(2)15(16)13-8-7-11-5-3-4-6-12(11)14(9)13/h3-10H,1-2H3. The Bertz CT molecular complexity index is 583. The van der Waals surface area contributed by atoms with Crippen molar-refractivity contribution in [2.75, 3.05) is 0 Å². The van der Waals surface area contributed by atoms with E-state index >= 15 is 0 Å². The third-order valence-electron chi connectivity index (χ3n) is 3.86. The summed E-state index contributed by atoms with van der Waals surface area (Å²) in [7, 11) is 0. The fourth-order valence-electron chi connectivity index (χ4n) is 2.72. The predicted molar refractivity (Wildman–Crippen MR) is 65.9 cm³/mol. The zero-order valence-electron chi connectivity index (χ0n) is 9.53. The Morgan fingerprint density at radius 3 is 2.50 bits per heavy atom. The van der Waals surface area contributed by atoms with Gasteiger partial charge in [0.05, 0.1) is 0 Å². The van der Waals surface area contributed by atoms with Gasteiger partial charge in [-0.1, -0.05) is 50.2 Å². The van der Waals surface area contributed by atoms with Crippen molar-refractivity contribution in [1.29, 1.82) is 0 Å². The molecule has 0 fully saturated rings. The predicted octanol–water partition coefficient (Wildman–Crippen LogP) is 3.78. The van der Waals surface area contributed by atoms with E-state index < -0.39 is 0 Å². The van der Waals surface area contributed by atoms with Crippen LogP contribution in [-0.2, 0) is 0 Å². The van der Waals surface area contributed by atoms with Gasteiger partial charge in [0.1, 0.15) is 0 Å². The van der Waals surface area contributed by atoms with Gasteiger partial charge in [0.2, 0.25) is 0 Å². The third kappa shape index (κ3) is 1.09. The number of hydrogen-bond donors (Lipinski definition) is 0. The first kappa shape index (κ1) is 9.59. The molecule has 0 saturated heterocycles. The Morgan fingerprint density at radius 2 is 1.69 bits per heavy atom. The number of benzene rings is 2. The van der Waals surface area contributed by atoms with Crippen molar-refractivity contribution in [3.63, 3.8) is 0 Å². The number of hydrogen-bond acceptors (Lipinski definition) is 1. The fourth-order valence-corrected chi connectivity index (χ4v) is 2.72. The lowest BCUT2D eigenvalue weighted by atomic mass is 9.92. The molecule has 0 bridgehead atoms. The molecule has 0 aromatic heterocycles. The lowest BCUT2D eigenvalue weighted by molar-refractivity contribution is 0.0937. The lowest BCUT2D eigenvalue weighted by Gasteiger charge is -2.10. The summed E-state index contributed by atoms with van der Waals surface area (Å²) >= 11 is 0. The molecule has 2 aromatic carbocycles. The SMILES string of the molecule is CC1C(=O)c2ccc3ccccc3c2C1C. The molecule has 0 N–H and O–H groups in total. The van der Waals surface area contributed by atoms with Crippen molar-refractivity contribution in [2.24, 2.45) is 5.92 Å². The van der Waals surface area contributed by atoms with Gasteiger partial charge in [-0.15, -0.1) is 0 Å². The molecule has 0 radical (unpaired) electrons. The molecular formula is C15H14O. The quantitative estimate of drug-likeness (QED) is 0.646.